The molecule has 0 saturated carbocycles. The van der Waals surface area contributed by atoms with Crippen LogP contribution in [-0.2, 0) is 6.54 Å². The molecule has 0 aliphatic heterocycles. The molecule has 0 unspecified atom stereocenters. The molecule has 2 aromatic rings. The number of nitrogens with zero attached hydrogens (tertiary/aromatic N) is 2. The van der Waals surface area contributed by atoms with Gasteiger partial charge in [0.25, 0.3) is 0 Å². The summed E-state index contributed by atoms with van der Waals surface area (Å²) < 4.78 is 2.63. The number of aliphatic hydroxyl groups is 1. The number of aliphatic hydroxyl groups excluding tert-OH is 1. The molecule has 2 rings (SSSR count). The zero-order valence-corrected chi connectivity index (χ0v) is 11.8. The molecular weight excluding hydrogens is 352 g/mol. The molecule has 0 spiro atoms. The van der Waals surface area contributed by atoms with E-state index in [2.05, 4.69) is 27.7 Å². The molecule has 0 atom stereocenters. The minimum Gasteiger partial charge on any atom is -0.394 e. The Morgan fingerprint density at radius 3 is 2.88 bits per heavy atom. The Labute approximate surface area is 118 Å². The topological polar surface area (TPSA) is 64.1 Å². The SMILES string of the molecule is Nc1cc(-c2cc(Cl)ccc2I)nn1CCO. The number of benzene rings is 1. The van der Waals surface area contributed by atoms with Crippen LogP contribution >= 0.6 is 34.2 Å². The van der Waals surface area contributed by atoms with Crippen molar-refractivity contribution in [2.45, 2.75) is 6.54 Å². The van der Waals surface area contributed by atoms with Gasteiger partial charge in [-0.2, -0.15) is 5.10 Å². The van der Waals surface area contributed by atoms with Gasteiger partial charge in [-0.25, -0.2) is 4.68 Å². The van der Waals surface area contributed by atoms with Crippen molar-refractivity contribution in [3.05, 3.63) is 32.9 Å². The van der Waals surface area contributed by atoms with E-state index in [1.165, 1.54) is 0 Å². The number of aromatic nitrogens is 2. The fourth-order valence-electron chi connectivity index (χ4n) is 1.53. The molecule has 1 heterocycles. The maximum atomic E-state index is 8.88. The van der Waals surface area contributed by atoms with Crippen LogP contribution in [0.2, 0.25) is 5.02 Å². The minimum absolute atomic E-state index is 0.0119. The Morgan fingerprint density at radius 2 is 2.18 bits per heavy atom. The van der Waals surface area contributed by atoms with E-state index >= 15 is 0 Å². The number of hydrogen-bond donors (Lipinski definition) is 2. The molecule has 17 heavy (non-hydrogen) atoms. The predicted molar refractivity (Wildman–Crippen MR) is 76.9 cm³/mol. The monoisotopic (exact) mass is 363 g/mol. The van der Waals surface area contributed by atoms with Crippen molar-refractivity contribution in [3.8, 4) is 11.3 Å². The van der Waals surface area contributed by atoms with Crippen molar-refractivity contribution >= 4 is 40.0 Å². The van der Waals surface area contributed by atoms with Crippen LogP contribution in [0.5, 0.6) is 0 Å². The van der Waals surface area contributed by atoms with Crippen LogP contribution in [-0.4, -0.2) is 21.5 Å². The van der Waals surface area contributed by atoms with Crippen molar-refractivity contribution < 1.29 is 5.11 Å². The molecule has 90 valence electrons. The maximum Gasteiger partial charge on any atom is 0.122 e. The van der Waals surface area contributed by atoms with Gasteiger partial charge in [-0.3, -0.25) is 0 Å². The van der Waals surface area contributed by atoms with E-state index in [0.717, 1.165) is 14.8 Å². The molecule has 0 amide bonds. The summed E-state index contributed by atoms with van der Waals surface area (Å²) in [6.07, 6.45) is 0. The smallest absolute Gasteiger partial charge is 0.122 e. The Balaban J connectivity index is 2.45. The van der Waals surface area contributed by atoms with E-state index in [1.54, 1.807) is 10.7 Å². The van der Waals surface area contributed by atoms with Crippen molar-refractivity contribution in [2.24, 2.45) is 0 Å². The molecule has 6 heteroatoms. The van der Waals surface area contributed by atoms with E-state index in [-0.39, 0.29) is 6.61 Å². The van der Waals surface area contributed by atoms with Crippen molar-refractivity contribution in [3.63, 3.8) is 0 Å². The summed E-state index contributed by atoms with van der Waals surface area (Å²) in [6.45, 7) is 0.404. The van der Waals surface area contributed by atoms with E-state index in [1.807, 2.05) is 18.2 Å². The molecule has 0 aliphatic rings. The van der Waals surface area contributed by atoms with Crippen molar-refractivity contribution in [2.75, 3.05) is 12.3 Å². The predicted octanol–water partition coefficient (Wildman–Crippen LogP) is 2.38. The van der Waals surface area contributed by atoms with E-state index in [4.69, 9.17) is 22.4 Å². The van der Waals surface area contributed by atoms with Crippen molar-refractivity contribution in [1.29, 1.82) is 0 Å². The second-order valence-corrected chi connectivity index (χ2v) is 5.12. The number of nitrogen functional groups attached to an aromatic ring is 1. The Hall–Kier alpha value is -0.790. The number of hydrogen-bond acceptors (Lipinski definition) is 3. The summed E-state index contributed by atoms with van der Waals surface area (Å²) in [7, 11) is 0. The molecule has 1 aromatic heterocycles. The van der Waals surface area contributed by atoms with Crippen LogP contribution in [0.1, 0.15) is 0 Å². The number of anilines is 1. The summed E-state index contributed by atoms with van der Waals surface area (Å²) in [5, 5.41) is 13.9. The van der Waals surface area contributed by atoms with Gasteiger partial charge < -0.3 is 10.8 Å². The van der Waals surface area contributed by atoms with Gasteiger partial charge in [0.15, 0.2) is 0 Å². The number of nitrogens with two attached hydrogens (primary N) is 1. The summed E-state index contributed by atoms with van der Waals surface area (Å²) >= 11 is 8.19. The highest BCUT2D eigenvalue weighted by atomic mass is 127. The molecule has 0 radical (unpaired) electrons. The molecule has 0 saturated heterocycles. The second-order valence-electron chi connectivity index (χ2n) is 3.53. The first-order valence-electron chi connectivity index (χ1n) is 5.01. The van der Waals surface area contributed by atoms with Crippen LogP contribution in [0.3, 0.4) is 0 Å². The quantitative estimate of drug-likeness (QED) is 0.823. The largest absolute Gasteiger partial charge is 0.394 e. The summed E-state index contributed by atoms with van der Waals surface area (Å²) in [6, 6.07) is 7.40. The Morgan fingerprint density at radius 1 is 1.41 bits per heavy atom. The maximum absolute atomic E-state index is 8.88. The third-order valence-electron chi connectivity index (χ3n) is 2.33. The van der Waals surface area contributed by atoms with Gasteiger partial charge >= 0.3 is 0 Å². The zero-order chi connectivity index (χ0) is 12.4. The highest BCUT2D eigenvalue weighted by Crippen LogP contribution is 2.28. The normalized spacial score (nSPS) is 10.8. The lowest BCUT2D eigenvalue weighted by Gasteiger charge is -2.02. The summed E-state index contributed by atoms with van der Waals surface area (Å²) in [4.78, 5) is 0. The Kier molecular flexibility index (Phi) is 3.90. The van der Waals surface area contributed by atoms with Gasteiger partial charge in [0.2, 0.25) is 0 Å². The van der Waals surface area contributed by atoms with Gasteiger partial charge in [0.05, 0.1) is 18.8 Å². The van der Waals surface area contributed by atoms with Gasteiger partial charge in [0.1, 0.15) is 5.82 Å². The van der Waals surface area contributed by atoms with E-state index in [0.29, 0.717) is 17.4 Å². The zero-order valence-electron chi connectivity index (χ0n) is 8.90. The van der Waals surface area contributed by atoms with Crippen LogP contribution in [0.15, 0.2) is 24.3 Å². The first-order valence-corrected chi connectivity index (χ1v) is 6.47. The standard InChI is InChI=1S/C11H11ClIN3O/c12-7-1-2-9(13)8(5-7)10-6-11(14)16(15-10)3-4-17/h1-2,5-6,17H,3-4,14H2. The molecular formula is C11H11ClIN3O. The van der Waals surface area contributed by atoms with Crippen molar-refractivity contribution in [1.82, 2.24) is 9.78 Å². The lowest BCUT2D eigenvalue weighted by Crippen LogP contribution is -2.07. The van der Waals surface area contributed by atoms with Crippen LogP contribution in [0.25, 0.3) is 11.3 Å². The average Bonchev–Trinajstić information content (AvgIpc) is 2.64. The van der Waals surface area contributed by atoms with E-state index in [9.17, 15) is 0 Å². The lowest BCUT2D eigenvalue weighted by atomic mass is 10.1. The molecule has 0 bridgehead atoms. The number of rotatable bonds is 3. The van der Waals surface area contributed by atoms with Gasteiger partial charge in [-0.1, -0.05) is 11.6 Å². The van der Waals surface area contributed by atoms with Gasteiger partial charge in [-0.15, -0.1) is 0 Å². The van der Waals surface area contributed by atoms with Crippen LogP contribution < -0.4 is 5.73 Å². The lowest BCUT2D eigenvalue weighted by molar-refractivity contribution is 0.270. The second kappa shape index (κ2) is 5.24. The fourth-order valence-corrected chi connectivity index (χ4v) is 2.31. The van der Waals surface area contributed by atoms with Gasteiger partial charge in [0, 0.05) is 20.2 Å². The third-order valence-corrected chi connectivity index (χ3v) is 3.50. The Bertz CT molecular complexity index is 542. The third kappa shape index (κ3) is 2.72. The molecule has 0 fully saturated rings. The molecule has 0 aliphatic carbocycles. The highest BCUT2D eigenvalue weighted by molar-refractivity contribution is 14.1. The summed E-state index contributed by atoms with van der Waals surface area (Å²) in [5.41, 5.74) is 7.52. The first-order chi connectivity index (χ1) is 8.11. The average molecular weight is 364 g/mol. The van der Waals surface area contributed by atoms with Crippen LogP contribution in [0.4, 0.5) is 5.82 Å². The highest BCUT2D eigenvalue weighted by Gasteiger charge is 2.10. The van der Waals surface area contributed by atoms with Crippen LogP contribution in [0, 0.1) is 3.57 Å². The fraction of sp³-hybridized carbons (Fsp3) is 0.182. The molecule has 3 N–H and O–H groups in total. The van der Waals surface area contributed by atoms with Gasteiger partial charge in [-0.05, 0) is 40.8 Å². The molecule has 4 nitrogen and oxygen atoms in total. The molecule has 1 aromatic carbocycles. The number of halogens is 2. The summed E-state index contributed by atoms with van der Waals surface area (Å²) in [5.74, 6) is 0.532. The van der Waals surface area contributed by atoms with E-state index < -0.39 is 0 Å². The minimum atomic E-state index is 0.0119. The first kappa shape index (κ1) is 12.7.